The highest BCUT2D eigenvalue weighted by atomic mass is 15.0. The molecule has 2 aromatic carbocycles. The van der Waals surface area contributed by atoms with E-state index in [1.807, 2.05) is 7.05 Å². The van der Waals surface area contributed by atoms with Crippen LogP contribution < -0.4 is 5.32 Å². The quantitative estimate of drug-likeness (QED) is 0.858. The Morgan fingerprint density at radius 1 is 1.00 bits per heavy atom. The van der Waals surface area contributed by atoms with E-state index in [1.54, 1.807) is 0 Å². The lowest BCUT2D eigenvalue weighted by Gasteiger charge is -2.15. The molecule has 112 valence electrons. The summed E-state index contributed by atoms with van der Waals surface area (Å²) in [6, 6.07) is 18.2. The molecule has 0 saturated carbocycles. The first-order valence-corrected chi connectivity index (χ1v) is 7.65. The van der Waals surface area contributed by atoms with Crippen molar-refractivity contribution in [3.63, 3.8) is 0 Å². The molecular formula is C19H26N2. The summed E-state index contributed by atoms with van der Waals surface area (Å²) in [5, 5.41) is 3.35. The van der Waals surface area contributed by atoms with E-state index in [9.17, 15) is 0 Å². The van der Waals surface area contributed by atoms with Gasteiger partial charge in [-0.15, -0.1) is 0 Å². The minimum absolute atomic E-state index is 0.444. The van der Waals surface area contributed by atoms with Gasteiger partial charge in [-0.3, -0.25) is 0 Å². The number of nitrogens with zero attached hydrogens (tertiary/aromatic N) is 1. The molecule has 1 atom stereocenters. The second-order valence-corrected chi connectivity index (χ2v) is 5.81. The summed E-state index contributed by atoms with van der Waals surface area (Å²) in [6.45, 7) is 3.18. The smallest absolute Gasteiger partial charge is 0.0314 e. The van der Waals surface area contributed by atoms with Crippen LogP contribution >= 0.6 is 0 Å². The largest absolute Gasteiger partial charge is 0.313 e. The summed E-state index contributed by atoms with van der Waals surface area (Å²) in [5.74, 6) is 0. The minimum atomic E-state index is 0.444. The lowest BCUT2D eigenvalue weighted by molar-refractivity contribution is 0.402. The maximum Gasteiger partial charge on any atom is 0.0314 e. The third-order valence-corrected chi connectivity index (χ3v) is 3.83. The summed E-state index contributed by atoms with van der Waals surface area (Å²) < 4.78 is 0. The van der Waals surface area contributed by atoms with Crippen molar-refractivity contribution < 1.29 is 0 Å². The summed E-state index contributed by atoms with van der Waals surface area (Å²) in [5.41, 5.74) is 5.28. The van der Waals surface area contributed by atoms with Gasteiger partial charge >= 0.3 is 0 Å². The van der Waals surface area contributed by atoms with Crippen molar-refractivity contribution in [3.8, 4) is 11.1 Å². The van der Waals surface area contributed by atoms with Gasteiger partial charge in [-0.25, -0.2) is 0 Å². The molecule has 21 heavy (non-hydrogen) atoms. The van der Waals surface area contributed by atoms with E-state index >= 15 is 0 Å². The lowest BCUT2D eigenvalue weighted by Crippen LogP contribution is -2.14. The number of hydrogen-bond acceptors (Lipinski definition) is 2. The van der Waals surface area contributed by atoms with Crippen LogP contribution in [0.4, 0.5) is 0 Å². The van der Waals surface area contributed by atoms with Gasteiger partial charge in [0, 0.05) is 12.6 Å². The molecule has 0 aliphatic rings. The topological polar surface area (TPSA) is 15.3 Å². The van der Waals surface area contributed by atoms with Crippen LogP contribution in [0.5, 0.6) is 0 Å². The van der Waals surface area contributed by atoms with Crippen LogP contribution in [0.1, 0.15) is 30.5 Å². The fraction of sp³-hybridized carbons (Fsp3) is 0.368. The SMILES string of the molecule is CCC(NC)c1ccc(-c2cccc(CN(C)C)c2)cc1. The van der Waals surface area contributed by atoms with Gasteiger partial charge < -0.3 is 10.2 Å². The Morgan fingerprint density at radius 2 is 1.71 bits per heavy atom. The highest BCUT2D eigenvalue weighted by Gasteiger charge is 2.06. The first-order valence-electron chi connectivity index (χ1n) is 7.65. The molecule has 2 heteroatoms. The van der Waals surface area contributed by atoms with Gasteiger partial charge in [0.25, 0.3) is 0 Å². The molecule has 2 nitrogen and oxygen atoms in total. The summed E-state index contributed by atoms with van der Waals surface area (Å²) in [4.78, 5) is 2.20. The Hall–Kier alpha value is -1.64. The molecule has 0 heterocycles. The van der Waals surface area contributed by atoms with Gasteiger partial charge in [0.05, 0.1) is 0 Å². The Bertz CT molecular complexity index is 554. The molecule has 2 aromatic rings. The number of benzene rings is 2. The molecule has 1 N–H and O–H groups in total. The lowest BCUT2D eigenvalue weighted by atomic mass is 9.98. The molecule has 0 aliphatic heterocycles. The number of hydrogen-bond donors (Lipinski definition) is 1. The van der Waals surface area contributed by atoms with E-state index in [2.05, 4.69) is 79.8 Å². The van der Waals surface area contributed by atoms with Crippen LogP contribution in [-0.4, -0.2) is 26.0 Å². The van der Waals surface area contributed by atoms with E-state index < -0.39 is 0 Å². The van der Waals surface area contributed by atoms with Gasteiger partial charge in [0.1, 0.15) is 0 Å². The standard InChI is InChI=1S/C19H26N2/c1-5-19(20-2)17-11-9-16(10-12-17)18-8-6-7-15(13-18)14-21(3)4/h6-13,19-20H,5,14H2,1-4H3. The third kappa shape index (κ3) is 4.16. The molecule has 0 fully saturated rings. The highest BCUT2D eigenvalue weighted by molar-refractivity contribution is 5.64. The second-order valence-electron chi connectivity index (χ2n) is 5.81. The fourth-order valence-electron chi connectivity index (χ4n) is 2.73. The van der Waals surface area contributed by atoms with Crippen LogP contribution in [0.15, 0.2) is 48.5 Å². The van der Waals surface area contributed by atoms with Gasteiger partial charge in [-0.05, 0) is 55.9 Å². The van der Waals surface area contributed by atoms with Gasteiger partial charge in [0.2, 0.25) is 0 Å². The number of nitrogens with one attached hydrogen (secondary N) is 1. The van der Waals surface area contributed by atoms with E-state index in [-0.39, 0.29) is 0 Å². The molecule has 1 unspecified atom stereocenters. The van der Waals surface area contributed by atoms with Crippen molar-refractivity contribution in [1.82, 2.24) is 10.2 Å². The Kier molecular flexibility index (Phi) is 5.54. The van der Waals surface area contributed by atoms with Crippen molar-refractivity contribution >= 4 is 0 Å². The van der Waals surface area contributed by atoms with Crippen LogP contribution in [-0.2, 0) is 6.54 Å². The zero-order chi connectivity index (χ0) is 15.2. The van der Waals surface area contributed by atoms with E-state index in [0.29, 0.717) is 6.04 Å². The molecule has 0 bridgehead atoms. The maximum absolute atomic E-state index is 3.35. The Morgan fingerprint density at radius 3 is 2.29 bits per heavy atom. The third-order valence-electron chi connectivity index (χ3n) is 3.83. The maximum atomic E-state index is 3.35. The van der Waals surface area contributed by atoms with Crippen molar-refractivity contribution in [2.24, 2.45) is 0 Å². The van der Waals surface area contributed by atoms with Crippen molar-refractivity contribution in [2.75, 3.05) is 21.1 Å². The predicted molar refractivity (Wildman–Crippen MR) is 91.4 cm³/mol. The summed E-state index contributed by atoms with van der Waals surface area (Å²) in [6.07, 6.45) is 1.11. The van der Waals surface area contributed by atoms with E-state index in [1.165, 1.54) is 22.3 Å². The van der Waals surface area contributed by atoms with E-state index in [4.69, 9.17) is 0 Å². The molecule has 0 amide bonds. The number of rotatable bonds is 6. The average Bonchev–Trinajstić information content (AvgIpc) is 2.49. The van der Waals surface area contributed by atoms with Crippen molar-refractivity contribution in [1.29, 1.82) is 0 Å². The van der Waals surface area contributed by atoms with Crippen LogP contribution in [0.2, 0.25) is 0 Å². The first kappa shape index (κ1) is 15.7. The summed E-state index contributed by atoms with van der Waals surface area (Å²) in [7, 11) is 6.22. The van der Waals surface area contributed by atoms with E-state index in [0.717, 1.165) is 13.0 Å². The van der Waals surface area contributed by atoms with Crippen LogP contribution in [0.25, 0.3) is 11.1 Å². The molecule has 0 aromatic heterocycles. The van der Waals surface area contributed by atoms with Gasteiger partial charge in [0.15, 0.2) is 0 Å². The van der Waals surface area contributed by atoms with Crippen molar-refractivity contribution in [2.45, 2.75) is 25.9 Å². The first-order chi connectivity index (χ1) is 10.1. The summed E-state index contributed by atoms with van der Waals surface area (Å²) >= 11 is 0. The molecule has 2 rings (SSSR count). The van der Waals surface area contributed by atoms with Crippen LogP contribution in [0.3, 0.4) is 0 Å². The Balaban J connectivity index is 2.22. The normalized spacial score (nSPS) is 12.6. The zero-order valence-electron chi connectivity index (χ0n) is 13.6. The average molecular weight is 282 g/mol. The molecule has 0 aliphatic carbocycles. The molecular weight excluding hydrogens is 256 g/mol. The fourth-order valence-corrected chi connectivity index (χ4v) is 2.73. The second kappa shape index (κ2) is 7.39. The van der Waals surface area contributed by atoms with Gasteiger partial charge in [-0.1, -0.05) is 49.4 Å². The molecule has 0 spiro atoms. The highest BCUT2D eigenvalue weighted by Crippen LogP contribution is 2.24. The van der Waals surface area contributed by atoms with Crippen LogP contribution in [0, 0.1) is 0 Å². The molecule has 0 radical (unpaired) electrons. The predicted octanol–water partition coefficient (Wildman–Crippen LogP) is 4.09. The Labute approximate surface area is 128 Å². The monoisotopic (exact) mass is 282 g/mol. The minimum Gasteiger partial charge on any atom is -0.313 e. The van der Waals surface area contributed by atoms with Gasteiger partial charge in [-0.2, -0.15) is 0 Å². The molecule has 0 saturated heterocycles. The van der Waals surface area contributed by atoms with Crippen molar-refractivity contribution in [3.05, 3.63) is 59.7 Å². The zero-order valence-corrected chi connectivity index (χ0v) is 13.6.